The number of hydrogen-bond acceptors (Lipinski definition) is 5. The van der Waals surface area contributed by atoms with Gasteiger partial charge in [0.1, 0.15) is 12.3 Å². The van der Waals surface area contributed by atoms with Gasteiger partial charge in [-0.05, 0) is 36.2 Å². The van der Waals surface area contributed by atoms with E-state index in [0.29, 0.717) is 17.7 Å². The van der Waals surface area contributed by atoms with Gasteiger partial charge in [0.05, 0.1) is 6.20 Å². The Bertz CT molecular complexity index is 907. The fraction of sp³-hybridized carbons (Fsp3) is 0.300. The molecule has 1 aromatic carbocycles. The topological polar surface area (TPSA) is 91.8 Å². The van der Waals surface area contributed by atoms with Gasteiger partial charge < -0.3 is 15.0 Å². The highest BCUT2D eigenvalue weighted by atomic mass is 19.1. The zero-order valence-electron chi connectivity index (χ0n) is 15.9. The summed E-state index contributed by atoms with van der Waals surface area (Å²) in [7, 11) is 1.55. The fourth-order valence-electron chi connectivity index (χ4n) is 2.85. The molecular formula is C20H21FN4O4. The molecule has 0 saturated carbocycles. The van der Waals surface area contributed by atoms with Crippen molar-refractivity contribution in [1.82, 2.24) is 20.1 Å². The minimum absolute atomic E-state index is 0.0666. The minimum atomic E-state index is -0.546. The maximum absolute atomic E-state index is 14.2. The Balaban J connectivity index is 1.43. The van der Waals surface area contributed by atoms with Crippen LogP contribution in [-0.2, 0) is 16.1 Å². The second kappa shape index (κ2) is 9.13. The molecule has 1 aliphatic heterocycles. The molecule has 9 heteroatoms. The zero-order chi connectivity index (χ0) is 20.8. The quantitative estimate of drug-likeness (QED) is 0.687. The number of likely N-dealkylation sites (N-methyl/N-ethyl adjacent to an activating group) is 1. The third kappa shape index (κ3) is 5.28. The van der Waals surface area contributed by atoms with Crippen LogP contribution in [0.2, 0.25) is 0 Å². The van der Waals surface area contributed by atoms with E-state index >= 15 is 0 Å². The number of hydrogen-bond donors (Lipinski definition) is 1. The first-order chi connectivity index (χ1) is 13.9. The van der Waals surface area contributed by atoms with Crippen LogP contribution in [0.15, 0.2) is 42.7 Å². The highest BCUT2D eigenvalue weighted by Gasteiger charge is 2.32. The van der Waals surface area contributed by atoms with Crippen molar-refractivity contribution in [2.75, 3.05) is 20.1 Å². The Morgan fingerprint density at radius 1 is 1.31 bits per heavy atom. The van der Waals surface area contributed by atoms with Gasteiger partial charge in [0.25, 0.3) is 0 Å². The van der Waals surface area contributed by atoms with E-state index < -0.39 is 5.82 Å². The molecule has 0 bridgehead atoms. The maximum atomic E-state index is 14.2. The van der Waals surface area contributed by atoms with Gasteiger partial charge in [-0.15, -0.1) is 0 Å². The van der Waals surface area contributed by atoms with Crippen molar-refractivity contribution >= 4 is 17.8 Å². The van der Waals surface area contributed by atoms with Crippen LogP contribution in [0.1, 0.15) is 18.4 Å². The lowest BCUT2D eigenvalue weighted by Gasteiger charge is -2.13. The summed E-state index contributed by atoms with van der Waals surface area (Å²) in [6.07, 6.45) is 3.60. The number of nitrogens with zero attached hydrogens (tertiary/aromatic N) is 3. The second-order valence-corrected chi connectivity index (χ2v) is 6.62. The Morgan fingerprint density at radius 2 is 2.14 bits per heavy atom. The van der Waals surface area contributed by atoms with E-state index in [0.717, 1.165) is 4.90 Å². The van der Waals surface area contributed by atoms with Crippen molar-refractivity contribution in [3.05, 3.63) is 54.1 Å². The summed E-state index contributed by atoms with van der Waals surface area (Å²) in [6.45, 7) is 0.425. The number of halogens is 1. The van der Waals surface area contributed by atoms with Crippen molar-refractivity contribution in [3.8, 4) is 11.5 Å². The third-order valence-corrected chi connectivity index (χ3v) is 4.36. The molecule has 1 aromatic heterocycles. The van der Waals surface area contributed by atoms with Crippen LogP contribution in [0.3, 0.4) is 0 Å². The van der Waals surface area contributed by atoms with Gasteiger partial charge in [-0.3, -0.25) is 19.5 Å². The van der Waals surface area contributed by atoms with E-state index in [-0.39, 0.29) is 49.7 Å². The molecular weight excluding hydrogens is 379 g/mol. The molecule has 0 atom stereocenters. The second-order valence-electron chi connectivity index (χ2n) is 6.62. The molecule has 1 fully saturated rings. The van der Waals surface area contributed by atoms with Gasteiger partial charge in [0, 0.05) is 32.8 Å². The summed E-state index contributed by atoms with van der Waals surface area (Å²) < 4.78 is 19.6. The SMILES string of the molecule is CN1CC(=O)N(CCCC(=O)NCc2ccc(Oc3cccnc3)c(F)c2)C1=O. The van der Waals surface area contributed by atoms with E-state index in [9.17, 15) is 18.8 Å². The van der Waals surface area contributed by atoms with E-state index in [1.165, 1.54) is 23.2 Å². The Hall–Kier alpha value is -3.49. The summed E-state index contributed by atoms with van der Waals surface area (Å²) in [6, 6.07) is 7.45. The predicted octanol–water partition coefficient (Wildman–Crippen LogP) is 2.30. The molecule has 152 valence electrons. The molecule has 3 rings (SSSR count). The summed E-state index contributed by atoms with van der Waals surface area (Å²) in [5.41, 5.74) is 0.584. The number of benzene rings is 1. The van der Waals surface area contributed by atoms with Crippen molar-refractivity contribution < 1.29 is 23.5 Å². The average Bonchev–Trinajstić information content (AvgIpc) is 2.95. The number of carbonyl (C=O) groups is 3. The van der Waals surface area contributed by atoms with Gasteiger partial charge in [0.15, 0.2) is 11.6 Å². The molecule has 0 unspecified atom stereocenters. The van der Waals surface area contributed by atoms with Crippen LogP contribution in [0.25, 0.3) is 0 Å². The van der Waals surface area contributed by atoms with Crippen molar-refractivity contribution in [1.29, 1.82) is 0 Å². The van der Waals surface area contributed by atoms with Crippen LogP contribution < -0.4 is 10.1 Å². The molecule has 8 nitrogen and oxygen atoms in total. The van der Waals surface area contributed by atoms with Gasteiger partial charge in [0.2, 0.25) is 11.8 Å². The summed E-state index contributed by atoms with van der Waals surface area (Å²) >= 11 is 0. The van der Waals surface area contributed by atoms with E-state index in [2.05, 4.69) is 10.3 Å². The lowest BCUT2D eigenvalue weighted by molar-refractivity contribution is -0.126. The minimum Gasteiger partial charge on any atom is -0.453 e. The van der Waals surface area contributed by atoms with E-state index in [1.54, 1.807) is 31.4 Å². The molecule has 2 aromatic rings. The largest absolute Gasteiger partial charge is 0.453 e. The van der Waals surface area contributed by atoms with Crippen LogP contribution in [0.4, 0.5) is 9.18 Å². The number of pyridine rings is 1. The maximum Gasteiger partial charge on any atom is 0.326 e. The Labute approximate surface area is 167 Å². The summed E-state index contributed by atoms with van der Waals surface area (Å²) in [5.74, 6) is -0.557. The van der Waals surface area contributed by atoms with Crippen molar-refractivity contribution in [3.63, 3.8) is 0 Å². The Kier molecular flexibility index (Phi) is 6.38. The Morgan fingerprint density at radius 3 is 2.79 bits per heavy atom. The summed E-state index contributed by atoms with van der Waals surface area (Å²) in [5, 5.41) is 2.70. The molecule has 1 aliphatic rings. The fourth-order valence-corrected chi connectivity index (χ4v) is 2.85. The van der Waals surface area contributed by atoms with E-state index in [4.69, 9.17) is 4.74 Å². The molecule has 0 aliphatic carbocycles. The number of rotatable bonds is 8. The molecule has 0 spiro atoms. The van der Waals surface area contributed by atoms with Gasteiger partial charge >= 0.3 is 6.03 Å². The number of ether oxygens (including phenoxy) is 1. The molecule has 29 heavy (non-hydrogen) atoms. The first kappa shape index (κ1) is 20.2. The van der Waals surface area contributed by atoms with Crippen LogP contribution in [-0.4, -0.2) is 52.8 Å². The number of imide groups is 1. The van der Waals surface area contributed by atoms with Crippen LogP contribution in [0.5, 0.6) is 11.5 Å². The van der Waals surface area contributed by atoms with Crippen molar-refractivity contribution in [2.24, 2.45) is 0 Å². The number of amides is 4. The molecule has 4 amide bonds. The molecule has 1 saturated heterocycles. The standard InChI is InChI=1S/C20H21FN4O4/c1-24-13-19(27)25(20(24)28)9-3-5-18(26)23-11-14-6-7-17(16(21)10-14)29-15-4-2-8-22-12-15/h2,4,6-8,10,12H,3,5,9,11,13H2,1H3,(H,23,26). The summed E-state index contributed by atoms with van der Waals surface area (Å²) in [4.78, 5) is 41.8. The monoisotopic (exact) mass is 400 g/mol. The zero-order valence-corrected chi connectivity index (χ0v) is 15.9. The number of carbonyl (C=O) groups excluding carboxylic acids is 3. The number of aromatic nitrogens is 1. The average molecular weight is 400 g/mol. The normalized spacial score (nSPS) is 13.7. The molecule has 1 N–H and O–H groups in total. The smallest absolute Gasteiger partial charge is 0.326 e. The predicted molar refractivity (Wildman–Crippen MR) is 102 cm³/mol. The number of nitrogens with one attached hydrogen (secondary N) is 1. The first-order valence-electron chi connectivity index (χ1n) is 9.12. The van der Waals surface area contributed by atoms with Crippen molar-refractivity contribution in [2.45, 2.75) is 19.4 Å². The third-order valence-electron chi connectivity index (χ3n) is 4.36. The van der Waals surface area contributed by atoms with Gasteiger partial charge in [-0.1, -0.05) is 6.07 Å². The molecule has 0 radical (unpaired) electrons. The van der Waals surface area contributed by atoms with Gasteiger partial charge in [-0.2, -0.15) is 0 Å². The van der Waals surface area contributed by atoms with Crippen LogP contribution in [0, 0.1) is 5.82 Å². The lowest BCUT2D eigenvalue weighted by Crippen LogP contribution is -2.33. The van der Waals surface area contributed by atoms with Gasteiger partial charge in [-0.25, -0.2) is 9.18 Å². The highest BCUT2D eigenvalue weighted by molar-refractivity contribution is 6.01. The molecule has 2 heterocycles. The van der Waals surface area contributed by atoms with E-state index in [1.807, 2.05) is 0 Å². The highest BCUT2D eigenvalue weighted by Crippen LogP contribution is 2.24. The first-order valence-corrected chi connectivity index (χ1v) is 9.12. The lowest BCUT2D eigenvalue weighted by atomic mass is 10.2. The number of urea groups is 1. The van der Waals surface area contributed by atoms with Crippen LogP contribution >= 0.6 is 0 Å².